The van der Waals surface area contributed by atoms with Gasteiger partial charge in [0.2, 0.25) is 0 Å². The first-order chi connectivity index (χ1) is 13.7. The minimum absolute atomic E-state index is 0.837. The second kappa shape index (κ2) is 10.5. The predicted octanol–water partition coefficient (Wildman–Crippen LogP) is 3.70. The molecule has 0 atom stereocenters. The number of rotatable bonds is 8. The summed E-state index contributed by atoms with van der Waals surface area (Å²) < 4.78 is 0. The Bertz CT molecular complexity index is 755. The van der Waals surface area contributed by atoms with Crippen molar-refractivity contribution in [3.05, 3.63) is 35.5 Å². The summed E-state index contributed by atoms with van der Waals surface area (Å²) in [4.78, 5) is 10.8. The quantitative estimate of drug-likeness (QED) is 0.481. The molecule has 0 spiro atoms. The molecule has 2 heterocycles. The fourth-order valence-electron chi connectivity index (χ4n) is 4.18. The van der Waals surface area contributed by atoms with Crippen LogP contribution in [0.5, 0.6) is 0 Å². The van der Waals surface area contributed by atoms with Gasteiger partial charge in [0.05, 0.1) is 0 Å². The number of aliphatic imine (C=N–C) groups is 1. The van der Waals surface area contributed by atoms with Crippen LogP contribution in [0.3, 0.4) is 0 Å². The van der Waals surface area contributed by atoms with E-state index in [1.807, 2.05) is 0 Å². The Morgan fingerprint density at radius 3 is 2.79 bits per heavy atom. The average Bonchev–Trinajstić information content (AvgIpc) is 3.13. The summed E-state index contributed by atoms with van der Waals surface area (Å²) in [6.45, 7) is 12.9. The maximum atomic E-state index is 4.82. The molecular weight excluding hydrogens is 346 g/mol. The van der Waals surface area contributed by atoms with Gasteiger partial charge in [-0.1, -0.05) is 25.1 Å². The number of para-hydroxylation sites is 1. The standard InChI is InChI=1S/C23H37N5/c1-4-24-23(25-13-9-19-11-15-28(5-2)16-12-19)26-14-10-20-17-27-22-18(3)7-6-8-21(20)22/h6-8,17,19,27H,4-5,9-16H2,1-3H3,(H2,24,25,26). The van der Waals surface area contributed by atoms with Crippen LogP contribution in [-0.4, -0.2) is 55.1 Å². The third-order valence-corrected chi connectivity index (χ3v) is 6.00. The molecule has 2 aromatic rings. The Hall–Kier alpha value is -2.01. The van der Waals surface area contributed by atoms with E-state index in [4.69, 9.17) is 4.99 Å². The number of aromatic amines is 1. The molecule has 1 aliphatic heterocycles. The normalized spacial score (nSPS) is 16.6. The first-order valence-electron chi connectivity index (χ1n) is 11.0. The van der Waals surface area contributed by atoms with Gasteiger partial charge in [0.25, 0.3) is 0 Å². The van der Waals surface area contributed by atoms with Gasteiger partial charge in [-0.15, -0.1) is 0 Å². The summed E-state index contributed by atoms with van der Waals surface area (Å²) in [6.07, 6.45) is 6.99. The second-order valence-electron chi connectivity index (χ2n) is 7.92. The van der Waals surface area contributed by atoms with Crippen molar-refractivity contribution in [1.82, 2.24) is 20.5 Å². The van der Waals surface area contributed by atoms with Crippen LogP contribution in [0.25, 0.3) is 10.9 Å². The van der Waals surface area contributed by atoms with E-state index in [1.165, 1.54) is 60.9 Å². The maximum absolute atomic E-state index is 4.82. The number of benzene rings is 1. The van der Waals surface area contributed by atoms with E-state index in [9.17, 15) is 0 Å². The van der Waals surface area contributed by atoms with Crippen molar-refractivity contribution >= 4 is 16.9 Å². The summed E-state index contributed by atoms with van der Waals surface area (Å²) in [7, 11) is 0. The molecule has 0 radical (unpaired) electrons. The first-order valence-corrected chi connectivity index (χ1v) is 11.0. The topological polar surface area (TPSA) is 55.5 Å². The zero-order chi connectivity index (χ0) is 19.8. The molecule has 1 saturated heterocycles. The summed E-state index contributed by atoms with van der Waals surface area (Å²) in [5.41, 5.74) is 3.92. The number of H-pyrrole nitrogens is 1. The van der Waals surface area contributed by atoms with Crippen LogP contribution in [-0.2, 0) is 6.42 Å². The third kappa shape index (κ3) is 5.51. The predicted molar refractivity (Wildman–Crippen MR) is 120 cm³/mol. The van der Waals surface area contributed by atoms with E-state index in [0.717, 1.165) is 37.9 Å². The number of fused-ring (bicyclic) bond motifs is 1. The molecule has 0 unspecified atom stereocenters. The number of aromatic nitrogens is 1. The summed E-state index contributed by atoms with van der Waals surface area (Å²) in [5, 5.41) is 8.23. The summed E-state index contributed by atoms with van der Waals surface area (Å²) >= 11 is 0. The number of hydrogen-bond donors (Lipinski definition) is 3. The molecule has 0 saturated carbocycles. The van der Waals surface area contributed by atoms with E-state index in [0.29, 0.717) is 0 Å². The minimum Gasteiger partial charge on any atom is -0.361 e. The molecule has 28 heavy (non-hydrogen) atoms. The van der Waals surface area contributed by atoms with Crippen LogP contribution < -0.4 is 10.6 Å². The van der Waals surface area contributed by atoms with E-state index >= 15 is 0 Å². The number of guanidine groups is 1. The van der Waals surface area contributed by atoms with Crippen molar-refractivity contribution in [2.24, 2.45) is 10.9 Å². The SMILES string of the molecule is CCNC(=NCCC1CCN(CC)CC1)NCCc1c[nH]c2c(C)cccc12. The number of hydrogen-bond acceptors (Lipinski definition) is 2. The molecule has 1 aromatic heterocycles. The smallest absolute Gasteiger partial charge is 0.191 e. The van der Waals surface area contributed by atoms with Gasteiger partial charge < -0.3 is 20.5 Å². The van der Waals surface area contributed by atoms with Gasteiger partial charge in [-0.25, -0.2) is 0 Å². The zero-order valence-corrected chi connectivity index (χ0v) is 17.9. The first kappa shape index (κ1) is 20.7. The fraction of sp³-hybridized carbons (Fsp3) is 0.609. The highest BCUT2D eigenvalue weighted by Gasteiger charge is 2.17. The molecule has 5 nitrogen and oxygen atoms in total. The molecule has 1 fully saturated rings. The molecule has 0 aliphatic carbocycles. The molecular formula is C23H37N5. The van der Waals surface area contributed by atoms with Crippen LogP contribution >= 0.6 is 0 Å². The van der Waals surface area contributed by atoms with E-state index in [-0.39, 0.29) is 0 Å². The van der Waals surface area contributed by atoms with Gasteiger partial charge in [-0.2, -0.15) is 0 Å². The highest BCUT2D eigenvalue weighted by atomic mass is 15.2. The van der Waals surface area contributed by atoms with Crippen molar-refractivity contribution in [3.63, 3.8) is 0 Å². The van der Waals surface area contributed by atoms with Crippen molar-refractivity contribution in [2.45, 2.75) is 46.5 Å². The van der Waals surface area contributed by atoms with Crippen molar-refractivity contribution in [3.8, 4) is 0 Å². The summed E-state index contributed by atoms with van der Waals surface area (Å²) in [5.74, 6) is 1.79. The van der Waals surface area contributed by atoms with E-state index in [2.05, 4.69) is 65.7 Å². The maximum Gasteiger partial charge on any atom is 0.191 e. The van der Waals surface area contributed by atoms with E-state index < -0.39 is 0 Å². The van der Waals surface area contributed by atoms with Crippen molar-refractivity contribution in [1.29, 1.82) is 0 Å². The Kier molecular flexibility index (Phi) is 7.78. The minimum atomic E-state index is 0.837. The lowest BCUT2D eigenvalue weighted by Gasteiger charge is -2.30. The van der Waals surface area contributed by atoms with Gasteiger partial charge in [0, 0.05) is 36.7 Å². The molecule has 3 rings (SSSR count). The van der Waals surface area contributed by atoms with Crippen LogP contribution in [0, 0.1) is 12.8 Å². The average molecular weight is 384 g/mol. The van der Waals surface area contributed by atoms with Gasteiger partial charge in [0.15, 0.2) is 5.96 Å². The lowest BCUT2D eigenvalue weighted by Crippen LogP contribution is -2.38. The number of piperidine rings is 1. The van der Waals surface area contributed by atoms with Crippen LogP contribution in [0.1, 0.15) is 44.2 Å². The summed E-state index contributed by atoms with van der Waals surface area (Å²) in [6, 6.07) is 6.50. The highest BCUT2D eigenvalue weighted by molar-refractivity contribution is 5.86. The van der Waals surface area contributed by atoms with Crippen molar-refractivity contribution < 1.29 is 0 Å². The highest BCUT2D eigenvalue weighted by Crippen LogP contribution is 2.21. The zero-order valence-electron chi connectivity index (χ0n) is 17.9. The Labute approximate surface area is 170 Å². The Morgan fingerprint density at radius 2 is 2.04 bits per heavy atom. The molecule has 1 aliphatic rings. The number of nitrogens with zero attached hydrogens (tertiary/aromatic N) is 2. The van der Waals surface area contributed by atoms with Crippen LogP contribution in [0.4, 0.5) is 0 Å². The van der Waals surface area contributed by atoms with Crippen molar-refractivity contribution in [2.75, 3.05) is 39.3 Å². The largest absolute Gasteiger partial charge is 0.361 e. The molecule has 1 aromatic carbocycles. The number of aryl methyl sites for hydroxylation is 1. The van der Waals surface area contributed by atoms with Crippen LogP contribution in [0.2, 0.25) is 0 Å². The monoisotopic (exact) mass is 383 g/mol. The molecule has 154 valence electrons. The van der Waals surface area contributed by atoms with Gasteiger partial charge in [0.1, 0.15) is 0 Å². The van der Waals surface area contributed by atoms with Gasteiger partial charge >= 0.3 is 0 Å². The molecule has 0 amide bonds. The van der Waals surface area contributed by atoms with Gasteiger partial charge in [-0.3, -0.25) is 4.99 Å². The lowest BCUT2D eigenvalue weighted by atomic mass is 9.94. The lowest BCUT2D eigenvalue weighted by molar-refractivity contribution is 0.188. The van der Waals surface area contributed by atoms with E-state index in [1.54, 1.807) is 0 Å². The fourth-order valence-corrected chi connectivity index (χ4v) is 4.18. The molecule has 5 heteroatoms. The van der Waals surface area contributed by atoms with Gasteiger partial charge in [-0.05, 0) is 76.2 Å². The molecule has 3 N–H and O–H groups in total. The van der Waals surface area contributed by atoms with Crippen LogP contribution in [0.15, 0.2) is 29.4 Å². The Morgan fingerprint density at radius 1 is 1.21 bits per heavy atom. The molecule has 0 bridgehead atoms. The number of likely N-dealkylation sites (tertiary alicyclic amines) is 1. The third-order valence-electron chi connectivity index (χ3n) is 6.00. The second-order valence-corrected chi connectivity index (χ2v) is 7.92. The number of nitrogens with one attached hydrogen (secondary N) is 3. The Balaban J connectivity index is 1.46.